The number of carboxylic acids is 1. The summed E-state index contributed by atoms with van der Waals surface area (Å²) in [6.45, 7) is 10.8. The zero-order valence-electron chi connectivity index (χ0n) is 16.0. The van der Waals surface area contributed by atoms with E-state index in [1.165, 1.54) is 58.2 Å². The van der Waals surface area contributed by atoms with Gasteiger partial charge in [0.2, 0.25) is 0 Å². The van der Waals surface area contributed by atoms with Crippen molar-refractivity contribution in [2.24, 2.45) is 0 Å². The van der Waals surface area contributed by atoms with Crippen molar-refractivity contribution in [3.63, 3.8) is 0 Å². The summed E-state index contributed by atoms with van der Waals surface area (Å²) in [6.07, 6.45) is 5.23. The number of hydrogen-bond donors (Lipinski definition) is 4. The number of hydrogen-bond acceptors (Lipinski definition) is 5. The van der Waals surface area contributed by atoms with Crippen molar-refractivity contribution < 1.29 is 25.2 Å². The third kappa shape index (κ3) is 10.6. The molecule has 0 fully saturated rings. The summed E-state index contributed by atoms with van der Waals surface area (Å²) in [5.74, 6) is -1.18. The second kappa shape index (κ2) is 14.2. The Labute approximate surface area is 152 Å². The molecule has 0 saturated carbocycles. The Balaban J connectivity index is 0.000000462. The van der Waals surface area contributed by atoms with Crippen molar-refractivity contribution in [2.75, 3.05) is 19.6 Å². The van der Waals surface area contributed by atoms with Gasteiger partial charge >= 0.3 is 5.97 Å². The van der Waals surface area contributed by atoms with E-state index in [1.54, 1.807) is 0 Å². The van der Waals surface area contributed by atoms with Crippen molar-refractivity contribution in [3.05, 3.63) is 11.6 Å². The highest BCUT2D eigenvalue weighted by Gasteiger charge is 2.31. The maximum absolute atomic E-state index is 10.4. The van der Waals surface area contributed by atoms with Gasteiger partial charge in [0.1, 0.15) is 12.2 Å². The number of nitrogens with zero attached hydrogens (tertiary/aromatic N) is 1. The highest BCUT2D eigenvalue weighted by atomic mass is 16.4. The number of unbranched alkanes of at least 4 members (excludes halogenated alkanes) is 3. The Morgan fingerprint density at radius 3 is 1.76 bits per heavy atom. The molecule has 0 spiro atoms. The van der Waals surface area contributed by atoms with Gasteiger partial charge in [0.15, 0.2) is 0 Å². The van der Waals surface area contributed by atoms with Crippen molar-refractivity contribution in [3.8, 4) is 0 Å². The third-order valence-electron chi connectivity index (χ3n) is 4.30. The first-order valence-electron chi connectivity index (χ1n) is 9.57. The molecule has 3 unspecified atom stereocenters. The van der Waals surface area contributed by atoms with Crippen LogP contribution in [0.4, 0.5) is 0 Å². The molecule has 0 radical (unpaired) electrons. The van der Waals surface area contributed by atoms with E-state index in [1.807, 2.05) is 0 Å². The standard InChI is InChI=1S/C12H27N.C7H10O5/c1-4-7-10-13(11-8-5-2)12-9-6-3;8-4-1-3(7(11)12)2-5(9)6(4)10/h4-12H2,1-3H3;1,4-6,8-10H,2H2,(H,11,12). The summed E-state index contributed by atoms with van der Waals surface area (Å²) < 4.78 is 0. The van der Waals surface area contributed by atoms with Crippen molar-refractivity contribution in [2.45, 2.75) is 84.0 Å². The first-order valence-corrected chi connectivity index (χ1v) is 9.57. The summed E-state index contributed by atoms with van der Waals surface area (Å²) in [6, 6.07) is 0. The molecule has 4 N–H and O–H groups in total. The van der Waals surface area contributed by atoms with Crippen molar-refractivity contribution in [1.82, 2.24) is 4.90 Å². The van der Waals surface area contributed by atoms with Gasteiger partial charge in [-0.2, -0.15) is 0 Å². The van der Waals surface area contributed by atoms with Crippen LogP contribution in [0.3, 0.4) is 0 Å². The van der Waals surface area contributed by atoms with Crippen LogP contribution in [-0.4, -0.2) is 69.2 Å². The molecule has 1 aliphatic carbocycles. The fraction of sp³-hybridized carbons (Fsp3) is 0.842. The molecule has 0 heterocycles. The minimum Gasteiger partial charge on any atom is -0.478 e. The number of aliphatic carboxylic acids is 1. The molecule has 0 amide bonds. The molecule has 0 aromatic heterocycles. The first kappa shape index (κ1) is 24.1. The largest absolute Gasteiger partial charge is 0.478 e. The molecular weight excluding hydrogens is 322 g/mol. The van der Waals surface area contributed by atoms with E-state index >= 15 is 0 Å². The summed E-state index contributed by atoms with van der Waals surface area (Å²) in [5, 5.41) is 35.6. The van der Waals surface area contributed by atoms with E-state index in [0.717, 1.165) is 6.08 Å². The van der Waals surface area contributed by atoms with Gasteiger partial charge in [-0.05, 0) is 45.0 Å². The lowest BCUT2D eigenvalue weighted by atomic mass is 9.92. The van der Waals surface area contributed by atoms with Crippen LogP contribution in [-0.2, 0) is 4.79 Å². The summed E-state index contributed by atoms with van der Waals surface area (Å²) in [7, 11) is 0. The van der Waals surface area contributed by atoms with E-state index in [2.05, 4.69) is 25.7 Å². The van der Waals surface area contributed by atoms with E-state index in [9.17, 15) is 4.79 Å². The maximum Gasteiger partial charge on any atom is 0.331 e. The molecule has 6 heteroatoms. The average molecular weight is 360 g/mol. The van der Waals surface area contributed by atoms with E-state index < -0.39 is 24.3 Å². The van der Waals surface area contributed by atoms with Gasteiger partial charge in [0.25, 0.3) is 0 Å². The molecule has 0 aromatic carbocycles. The van der Waals surface area contributed by atoms with Crippen LogP contribution in [0.2, 0.25) is 0 Å². The summed E-state index contributed by atoms with van der Waals surface area (Å²) in [5.41, 5.74) is -0.0692. The molecule has 1 aliphatic rings. The maximum atomic E-state index is 10.4. The van der Waals surface area contributed by atoms with Gasteiger partial charge in [-0.15, -0.1) is 0 Å². The Morgan fingerprint density at radius 2 is 1.44 bits per heavy atom. The third-order valence-corrected chi connectivity index (χ3v) is 4.30. The first-order chi connectivity index (χ1) is 11.9. The monoisotopic (exact) mass is 359 g/mol. The minimum absolute atomic E-state index is 0.0692. The van der Waals surface area contributed by atoms with Crippen LogP contribution in [0.5, 0.6) is 0 Å². The van der Waals surface area contributed by atoms with Crippen LogP contribution >= 0.6 is 0 Å². The van der Waals surface area contributed by atoms with Gasteiger partial charge < -0.3 is 25.3 Å². The second-order valence-electron chi connectivity index (χ2n) is 6.65. The summed E-state index contributed by atoms with van der Waals surface area (Å²) in [4.78, 5) is 13.0. The van der Waals surface area contributed by atoms with E-state index in [-0.39, 0.29) is 12.0 Å². The molecule has 1 rings (SSSR count). The van der Waals surface area contributed by atoms with E-state index in [4.69, 9.17) is 20.4 Å². The SMILES string of the molecule is CCCCN(CCCC)CCCC.O=C(O)C1=CC(O)C(O)C(O)C1. The molecular formula is C19H37NO5. The zero-order valence-corrected chi connectivity index (χ0v) is 16.0. The second-order valence-corrected chi connectivity index (χ2v) is 6.65. The summed E-state index contributed by atoms with van der Waals surface area (Å²) >= 11 is 0. The molecule has 0 saturated heterocycles. The highest BCUT2D eigenvalue weighted by Crippen LogP contribution is 2.19. The van der Waals surface area contributed by atoms with Crippen LogP contribution in [0.15, 0.2) is 11.6 Å². The lowest BCUT2D eigenvalue weighted by Gasteiger charge is -2.25. The van der Waals surface area contributed by atoms with Gasteiger partial charge in [0.05, 0.1) is 6.10 Å². The van der Waals surface area contributed by atoms with Crippen molar-refractivity contribution in [1.29, 1.82) is 0 Å². The predicted molar refractivity (Wildman–Crippen MR) is 99.5 cm³/mol. The normalized spacial score (nSPS) is 23.0. The molecule has 6 nitrogen and oxygen atoms in total. The Kier molecular flexibility index (Phi) is 13.7. The lowest BCUT2D eigenvalue weighted by molar-refractivity contribution is -0.134. The van der Waals surface area contributed by atoms with Crippen LogP contribution in [0.25, 0.3) is 0 Å². The number of aliphatic hydroxyl groups excluding tert-OH is 3. The lowest BCUT2D eigenvalue weighted by Crippen LogP contribution is -2.40. The van der Waals surface area contributed by atoms with Gasteiger partial charge in [-0.3, -0.25) is 0 Å². The van der Waals surface area contributed by atoms with Crippen LogP contribution < -0.4 is 0 Å². The van der Waals surface area contributed by atoms with Crippen LogP contribution in [0, 0.1) is 0 Å². The minimum atomic E-state index is -1.29. The fourth-order valence-electron chi connectivity index (χ4n) is 2.59. The number of aliphatic hydroxyl groups is 3. The van der Waals surface area contributed by atoms with Gasteiger partial charge in [-0.25, -0.2) is 4.79 Å². The smallest absolute Gasteiger partial charge is 0.331 e. The Hall–Kier alpha value is -0.950. The van der Waals surface area contributed by atoms with Gasteiger partial charge in [-0.1, -0.05) is 40.0 Å². The Bertz CT molecular complexity index is 367. The molecule has 0 bridgehead atoms. The number of carboxylic acid groups (broad SMARTS) is 1. The van der Waals surface area contributed by atoms with Crippen LogP contribution in [0.1, 0.15) is 65.7 Å². The topological polar surface area (TPSA) is 101 Å². The van der Waals surface area contributed by atoms with Crippen molar-refractivity contribution >= 4 is 5.97 Å². The van der Waals surface area contributed by atoms with E-state index in [0.29, 0.717) is 0 Å². The molecule has 3 atom stereocenters. The average Bonchev–Trinajstić information content (AvgIpc) is 2.59. The zero-order chi connectivity index (χ0) is 19.2. The quantitative estimate of drug-likeness (QED) is 0.477. The number of carbonyl (C=O) groups is 1. The molecule has 0 aliphatic heterocycles. The number of rotatable bonds is 10. The fourth-order valence-corrected chi connectivity index (χ4v) is 2.59. The molecule has 25 heavy (non-hydrogen) atoms. The molecule has 0 aromatic rings. The highest BCUT2D eigenvalue weighted by molar-refractivity contribution is 5.87. The Morgan fingerprint density at radius 1 is 1.00 bits per heavy atom. The van der Waals surface area contributed by atoms with Gasteiger partial charge in [0, 0.05) is 12.0 Å². The molecule has 148 valence electrons. The predicted octanol–water partition coefficient (Wildman–Crippen LogP) is 2.17.